The Hall–Kier alpha value is -3.39. The molecule has 0 spiro atoms. The molecule has 158 valence electrons. The number of amides is 4. The molecule has 0 aliphatic carbocycles. The average molecular weight is 409 g/mol. The van der Waals surface area contributed by atoms with E-state index in [2.05, 4.69) is 16.0 Å². The lowest BCUT2D eigenvalue weighted by atomic mass is 10.1. The summed E-state index contributed by atoms with van der Waals surface area (Å²) in [5, 5.41) is 8.52. The van der Waals surface area contributed by atoms with Crippen LogP contribution in [0.1, 0.15) is 21.5 Å². The van der Waals surface area contributed by atoms with E-state index in [-0.39, 0.29) is 17.8 Å². The SMILES string of the molecule is Cc1cc(C(=O)NCc2cccc(NC(=O)CN(C)C)c2)ccc1N1CCNC1=O. The number of rotatable bonds is 7. The zero-order valence-electron chi connectivity index (χ0n) is 17.5. The summed E-state index contributed by atoms with van der Waals surface area (Å²) in [6.45, 7) is 3.76. The lowest BCUT2D eigenvalue weighted by Crippen LogP contribution is -2.28. The van der Waals surface area contributed by atoms with Gasteiger partial charge in [0.1, 0.15) is 0 Å². The van der Waals surface area contributed by atoms with Crippen molar-refractivity contribution in [2.75, 3.05) is 43.9 Å². The number of hydrogen-bond acceptors (Lipinski definition) is 4. The van der Waals surface area contributed by atoms with Crippen LogP contribution in [0, 0.1) is 6.92 Å². The van der Waals surface area contributed by atoms with Gasteiger partial charge in [0, 0.05) is 36.6 Å². The first-order valence-electron chi connectivity index (χ1n) is 9.81. The predicted molar refractivity (Wildman–Crippen MR) is 117 cm³/mol. The first-order chi connectivity index (χ1) is 14.3. The van der Waals surface area contributed by atoms with Crippen LogP contribution in [-0.2, 0) is 11.3 Å². The van der Waals surface area contributed by atoms with Crippen LogP contribution in [0.5, 0.6) is 0 Å². The molecule has 8 nitrogen and oxygen atoms in total. The molecule has 1 saturated heterocycles. The Kier molecular flexibility index (Phi) is 6.68. The van der Waals surface area contributed by atoms with Gasteiger partial charge < -0.3 is 20.9 Å². The molecule has 8 heteroatoms. The first kappa shape index (κ1) is 21.3. The number of benzene rings is 2. The second-order valence-electron chi connectivity index (χ2n) is 7.55. The Morgan fingerprint density at radius 1 is 1.17 bits per heavy atom. The smallest absolute Gasteiger partial charge is 0.322 e. The van der Waals surface area contributed by atoms with Gasteiger partial charge in [0.05, 0.1) is 6.54 Å². The van der Waals surface area contributed by atoms with E-state index in [1.54, 1.807) is 28.0 Å². The van der Waals surface area contributed by atoms with E-state index in [0.717, 1.165) is 16.8 Å². The van der Waals surface area contributed by atoms with Gasteiger partial charge in [-0.2, -0.15) is 0 Å². The molecule has 0 unspecified atom stereocenters. The van der Waals surface area contributed by atoms with E-state index in [4.69, 9.17) is 0 Å². The van der Waals surface area contributed by atoms with Crippen molar-refractivity contribution in [3.63, 3.8) is 0 Å². The molecule has 4 amide bonds. The van der Waals surface area contributed by atoms with Gasteiger partial charge in [-0.25, -0.2) is 4.79 Å². The molecule has 0 atom stereocenters. The molecule has 30 heavy (non-hydrogen) atoms. The third kappa shape index (κ3) is 5.36. The number of anilines is 2. The number of carbonyl (C=O) groups is 3. The van der Waals surface area contributed by atoms with Crippen molar-refractivity contribution in [1.82, 2.24) is 15.5 Å². The minimum absolute atomic E-state index is 0.0940. The molecule has 2 aromatic carbocycles. The second kappa shape index (κ2) is 9.41. The van der Waals surface area contributed by atoms with E-state index in [0.29, 0.717) is 37.4 Å². The molecule has 1 aliphatic rings. The maximum Gasteiger partial charge on any atom is 0.322 e. The summed E-state index contributed by atoms with van der Waals surface area (Å²) in [6.07, 6.45) is 0. The largest absolute Gasteiger partial charge is 0.348 e. The fourth-order valence-electron chi connectivity index (χ4n) is 3.33. The Balaban J connectivity index is 1.60. The Morgan fingerprint density at radius 2 is 1.97 bits per heavy atom. The van der Waals surface area contributed by atoms with Crippen molar-refractivity contribution in [3.8, 4) is 0 Å². The average Bonchev–Trinajstić information content (AvgIpc) is 3.11. The highest BCUT2D eigenvalue weighted by atomic mass is 16.2. The molecule has 0 bridgehead atoms. The highest BCUT2D eigenvalue weighted by molar-refractivity contribution is 5.98. The van der Waals surface area contributed by atoms with Gasteiger partial charge in [-0.05, 0) is 62.5 Å². The van der Waals surface area contributed by atoms with Crippen molar-refractivity contribution in [3.05, 3.63) is 59.2 Å². The quantitative estimate of drug-likeness (QED) is 0.652. The summed E-state index contributed by atoms with van der Waals surface area (Å²) in [5.74, 6) is -0.291. The van der Waals surface area contributed by atoms with E-state index in [1.807, 2.05) is 45.3 Å². The van der Waals surface area contributed by atoms with Crippen molar-refractivity contribution < 1.29 is 14.4 Å². The molecule has 1 fully saturated rings. The normalized spacial score (nSPS) is 13.3. The molecule has 0 aromatic heterocycles. The fourth-order valence-corrected chi connectivity index (χ4v) is 3.33. The number of nitrogens with zero attached hydrogens (tertiary/aromatic N) is 2. The van der Waals surface area contributed by atoms with Gasteiger partial charge >= 0.3 is 6.03 Å². The number of urea groups is 1. The van der Waals surface area contributed by atoms with Gasteiger partial charge in [0.2, 0.25) is 5.91 Å². The van der Waals surface area contributed by atoms with Crippen molar-refractivity contribution in [1.29, 1.82) is 0 Å². The summed E-state index contributed by atoms with van der Waals surface area (Å²) in [5.41, 5.74) is 3.78. The zero-order valence-corrected chi connectivity index (χ0v) is 17.5. The Labute approximate surface area is 176 Å². The van der Waals surface area contributed by atoms with Crippen LogP contribution in [0.15, 0.2) is 42.5 Å². The van der Waals surface area contributed by atoms with Crippen molar-refractivity contribution in [2.45, 2.75) is 13.5 Å². The second-order valence-corrected chi connectivity index (χ2v) is 7.55. The third-order valence-electron chi connectivity index (χ3n) is 4.73. The van der Waals surface area contributed by atoms with E-state index < -0.39 is 0 Å². The predicted octanol–water partition coefficient (Wildman–Crippen LogP) is 1.95. The van der Waals surface area contributed by atoms with Crippen molar-refractivity contribution in [2.24, 2.45) is 0 Å². The summed E-state index contributed by atoms with van der Waals surface area (Å²) in [6, 6.07) is 12.6. The summed E-state index contributed by atoms with van der Waals surface area (Å²) in [4.78, 5) is 39.8. The van der Waals surface area contributed by atoms with Crippen LogP contribution in [0.2, 0.25) is 0 Å². The van der Waals surface area contributed by atoms with Gasteiger partial charge in [-0.15, -0.1) is 0 Å². The molecule has 3 N–H and O–H groups in total. The van der Waals surface area contributed by atoms with Crippen LogP contribution in [0.25, 0.3) is 0 Å². The maximum atomic E-state index is 12.6. The Bertz CT molecular complexity index is 958. The van der Waals surface area contributed by atoms with Crippen LogP contribution in [0.4, 0.5) is 16.2 Å². The van der Waals surface area contributed by atoms with E-state index >= 15 is 0 Å². The van der Waals surface area contributed by atoms with Crippen LogP contribution >= 0.6 is 0 Å². The zero-order chi connectivity index (χ0) is 21.7. The van der Waals surface area contributed by atoms with Gasteiger partial charge in [0.25, 0.3) is 5.91 Å². The van der Waals surface area contributed by atoms with Gasteiger partial charge in [0.15, 0.2) is 0 Å². The monoisotopic (exact) mass is 409 g/mol. The summed E-state index contributed by atoms with van der Waals surface area (Å²) < 4.78 is 0. The molecule has 0 saturated carbocycles. The standard InChI is InChI=1S/C22H27N5O3/c1-15-11-17(7-8-19(15)27-10-9-23-22(27)30)21(29)24-13-16-5-4-6-18(12-16)25-20(28)14-26(2)3/h4-8,11-12H,9-10,13-14H2,1-3H3,(H,23,30)(H,24,29)(H,25,28). The number of likely N-dealkylation sites (N-methyl/N-ethyl adjacent to an activating group) is 1. The molecular formula is C22H27N5O3. The van der Waals surface area contributed by atoms with Gasteiger partial charge in [-0.1, -0.05) is 12.1 Å². The maximum absolute atomic E-state index is 12.6. The third-order valence-corrected chi connectivity index (χ3v) is 4.73. The summed E-state index contributed by atoms with van der Waals surface area (Å²) >= 11 is 0. The minimum Gasteiger partial charge on any atom is -0.348 e. The van der Waals surface area contributed by atoms with Crippen LogP contribution in [-0.4, -0.2) is 56.5 Å². The number of nitrogens with one attached hydrogen (secondary N) is 3. The van der Waals surface area contributed by atoms with Gasteiger partial charge in [-0.3, -0.25) is 14.5 Å². The van der Waals surface area contributed by atoms with E-state index in [1.165, 1.54) is 0 Å². The number of carbonyl (C=O) groups excluding carboxylic acids is 3. The number of aryl methyl sites for hydroxylation is 1. The molecule has 0 radical (unpaired) electrons. The molecule has 1 aliphatic heterocycles. The Morgan fingerprint density at radius 3 is 2.63 bits per heavy atom. The highest BCUT2D eigenvalue weighted by Crippen LogP contribution is 2.23. The molecule has 1 heterocycles. The lowest BCUT2D eigenvalue weighted by molar-refractivity contribution is -0.116. The minimum atomic E-state index is -0.197. The molecule has 2 aromatic rings. The van der Waals surface area contributed by atoms with Crippen LogP contribution < -0.4 is 20.9 Å². The first-order valence-corrected chi connectivity index (χ1v) is 9.81. The van der Waals surface area contributed by atoms with E-state index in [9.17, 15) is 14.4 Å². The van der Waals surface area contributed by atoms with Crippen LogP contribution in [0.3, 0.4) is 0 Å². The topological polar surface area (TPSA) is 93.8 Å². The summed E-state index contributed by atoms with van der Waals surface area (Å²) in [7, 11) is 3.67. The molecule has 3 rings (SSSR count). The lowest BCUT2D eigenvalue weighted by Gasteiger charge is -2.17. The fraction of sp³-hybridized carbons (Fsp3) is 0.318. The highest BCUT2D eigenvalue weighted by Gasteiger charge is 2.22. The number of hydrogen-bond donors (Lipinski definition) is 3. The van der Waals surface area contributed by atoms with Crippen molar-refractivity contribution >= 4 is 29.2 Å². The molecular weight excluding hydrogens is 382 g/mol.